The summed E-state index contributed by atoms with van der Waals surface area (Å²) in [6.45, 7) is 3.53. The molecule has 2 aromatic carbocycles. The van der Waals surface area contributed by atoms with E-state index in [2.05, 4.69) is 26.6 Å². The molecule has 4 nitrogen and oxygen atoms in total. The van der Waals surface area contributed by atoms with Crippen molar-refractivity contribution in [1.29, 1.82) is 0 Å². The summed E-state index contributed by atoms with van der Waals surface area (Å²) in [5.74, 6) is -0.634. The van der Waals surface area contributed by atoms with Gasteiger partial charge < -0.3 is 10.6 Å². The molecule has 0 heterocycles. The van der Waals surface area contributed by atoms with Crippen LogP contribution in [0.5, 0.6) is 0 Å². The van der Waals surface area contributed by atoms with Crippen LogP contribution in [0.4, 0.5) is 0 Å². The maximum atomic E-state index is 12.3. The summed E-state index contributed by atoms with van der Waals surface area (Å²) in [6, 6.07) is 13.6. The lowest BCUT2D eigenvalue weighted by molar-refractivity contribution is -0.123. The summed E-state index contributed by atoms with van der Waals surface area (Å²) >= 11 is 9.37. The zero-order valence-electron chi connectivity index (χ0n) is 13.3. The van der Waals surface area contributed by atoms with E-state index in [-0.39, 0.29) is 17.9 Å². The molecule has 0 aliphatic rings. The van der Waals surface area contributed by atoms with Crippen molar-refractivity contribution in [1.82, 2.24) is 10.6 Å². The quantitative estimate of drug-likeness (QED) is 0.781. The van der Waals surface area contributed by atoms with Crippen LogP contribution in [0, 0.1) is 0 Å². The average Bonchev–Trinajstić information content (AvgIpc) is 2.55. The Morgan fingerprint density at radius 2 is 1.62 bits per heavy atom. The van der Waals surface area contributed by atoms with Gasteiger partial charge in [0.1, 0.15) is 6.04 Å². The lowest BCUT2D eigenvalue weighted by atomic mass is 10.1. The molecule has 2 N–H and O–H groups in total. The number of benzene rings is 2. The molecule has 1 unspecified atom stereocenters. The van der Waals surface area contributed by atoms with E-state index in [1.165, 1.54) is 0 Å². The van der Waals surface area contributed by atoms with Gasteiger partial charge >= 0.3 is 0 Å². The third-order valence-electron chi connectivity index (χ3n) is 3.59. The molecule has 0 fully saturated rings. The van der Waals surface area contributed by atoms with E-state index in [0.717, 1.165) is 10.0 Å². The van der Waals surface area contributed by atoms with Crippen molar-refractivity contribution in [2.75, 3.05) is 0 Å². The first-order valence-corrected chi connectivity index (χ1v) is 8.67. The second-order valence-electron chi connectivity index (χ2n) is 5.46. The molecule has 2 atom stereocenters. The van der Waals surface area contributed by atoms with Gasteiger partial charge in [-0.15, -0.1) is 0 Å². The standard InChI is InChI=1S/C18H18BrClN2O2/c1-11(13-7-9-14(19)10-8-13)21-17(23)12(2)22-18(24)15-5-3-4-6-16(15)20/h3-12H,1-2H3,(H,21,23)(H,22,24)/t11?,12-/m0/s1. The normalized spacial score (nSPS) is 13.0. The third kappa shape index (κ3) is 4.82. The minimum absolute atomic E-state index is 0.162. The minimum atomic E-state index is -0.674. The van der Waals surface area contributed by atoms with E-state index in [1.54, 1.807) is 31.2 Å². The molecule has 0 aromatic heterocycles. The van der Waals surface area contributed by atoms with Crippen molar-refractivity contribution >= 4 is 39.3 Å². The molecule has 0 spiro atoms. The lowest BCUT2D eigenvalue weighted by Gasteiger charge is -2.19. The molecule has 2 aromatic rings. The number of hydrogen-bond donors (Lipinski definition) is 2. The molecule has 0 saturated heterocycles. The maximum absolute atomic E-state index is 12.3. The van der Waals surface area contributed by atoms with Crippen molar-refractivity contribution in [3.05, 3.63) is 69.2 Å². The second-order valence-corrected chi connectivity index (χ2v) is 6.78. The largest absolute Gasteiger partial charge is 0.348 e. The van der Waals surface area contributed by atoms with Crippen molar-refractivity contribution in [3.63, 3.8) is 0 Å². The highest BCUT2D eigenvalue weighted by Gasteiger charge is 2.19. The van der Waals surface area contributed by atoms with E-state index in [1.807, 2.05) is 31.2 Å². The zero-order chi connectivity index (χ0) is 17.7. The van der Waals surface area contributed by atoms with Crippen LogP contribution >= 0.6 is 27.5 Å². The number of carbonyl (C=O) groups is 2. The highest BCUT2D eigenvalue weighted by molar-refractivity contribution is 9.10. The van der Waals surface area contributed by atoms with E-state index in [0.29, 0.717) is 10.6 Å². The summed E-state index contributed by atoms with van der Waals surface area (Å²) < 4.78 is 0.977. The van der Waals surface area contributed by atoms with E-state index >= 15 is 0 Å². The number of carbonyl (C=O) groups excluding carboxylic acids is 2. The number of hydrogen-bond acceptors (Lipinski definition) is 2. The van der Waals surface area contributed by atoms with Crippen molar-refractivity contribution in [2.24, 2.45) is 0 Å². The zero-order valence-corrected chi connectivity index (χ0v) is 15.7. The Bertz CT molecular complexity index is 734. The molecular weight excluding hydrogens is 392 g/mol. The van der Waals surface area contributed by atoms with Crippen LogP contribution in [0.1, 0.15) is 35.8 Å². The molecule has 6 heteroatoms. The predicted molar refractivity (Wildman–Crippen MR) is 99.1 cm³/mol. The minimum Gasteiger partial charge on any atom is -0.348 e. The van der Waals surface area contributed by atoms with Gasteiger partial charge in [0.2, 0.25) is 5.91 Å². The summed E-state index contributed by atoms with van der Waals surface area (Å²) in [6.07, 6.45) is 0. The number of halogens is 2. The van der Waals surface area contributed by atoms with Crippen LogP contribution in [0.2, 0.25) is 5.02 Å². The van der Waals surface area contributed by atoms with Crippen LogP contribution < -0.4 is 10.6 Å². The topological polar surface area (TPSA) is 58.2 Å². The first-order chi connectivity index (χ1) is 11.4. The molecule has 0 saturated carbocycles. The second kappa shape index (κ2) is 8.31. The summed E-state index contributed by atoms with van der Waals surface area (Å²) in [5, 5.41) is 5.90. The predicted octanol–water partition coefficient (Wildman–Crippen LogP) is 4.10. The molecule has 0 bridgehead atoms. The van der Waals surface area contributed by atoms with Crippen molar-refractivity contribution in [2.45, 2.75) is 25.9 Å². The Labute approximate surface area is 154 Å². The fraction of sp³-hybridized carbons (Fsp3) is 0.222. The van der Waals surface area contributed by atoms with Gasteiger partial charge in [-0.3, -0.25) is 9.59 Å². The van der Waals surface area contributed by atoms with Crippen LogP contribution in [-0.4, -0.2) is 17.9 Å². The molecule has 0 radical (unpaired) electrons. The summed E-state index contributed by atoms with van der Waals surface area (Å²) in [4.78, 5) is 24.5. The third-order valence-corrected chi connectivity index (χ3v) is 4.45. The summed E-state index contributed by atoms with van der Waals surface area (Å²) in [5.41, 5.74) is 1.33. The highest BCUT2D eigenvalue weighted by atomic mass is 79.9. The van der Waals surface area contributed by atoms with Gasteiger partial charge in [-0.1, -0.05) is 51.8 Å². The lowest BCUT2D eigenvalue weighted by Crippen LogP contribution is -2.45. The average molecular weight is 410 g/mol. The maximum Gasteiger partial charge on any atom is 0.253 e. The van der Waals surface area contributed by atoms with Gasteiger partial charge in [-0.2, -0.15) is 0 Å². The van der Waals surface area contributed by atoms with Gasteiger partial charge in [0.25, 0.3) is 5.91 Å². The molecular formula is C18H18BrClN2O2. The van der Waals surface area contributed by atoms with Gasteiger partial charge in [-0.25, -0.2) is 0 Å². The number of rotatable bonds is 5. The van der Waals surface area contributed by atoms with E-state index in [9.17, 15) is 9.59 Å². The molecule has 2 amide bonds. The SMILES string of the molecule is CC(NC(=O)[C@H](C)NC(=O)c1ccccc1Cl)c1ccc(Br)cc1. The van der Waals surface area contributed by atoms with Gasteiger partial charge in [0.05, 0.1) is 16.6 Å². The van der Waals surface area contributed by atoms with E-state index in [4.69, 9.17) is 11.6 Å². The first-order valence-electron chi connectivity index (χ1n) is 7.49. The molecule has 0 aliphatic heterocycles. The summed E-state index contributed by atoms with van der Waals surface area (Å²) in [7, 11) is 0. The smallest absolute Gasteiger partial charge is 0.253 e. The Balaban J connectivity index is 1.95. The van der Waals surface area contributed by atoms with Crippen LogP contribution in [0.25, 0.3) is 0 Å². The Kier molecular flexibility index (Phi) is 6.40. The fourth-order valence-electron chi connectivity index (χ4n) is 2.16. The highest BCUT2D eigenvalue weighted by Crippen LogP contribution is 2.17. The fourth-order valence-corrected chi connectivity index (χ4v) is 2.64. The Morgan fingerprint density at radius 1 is 1.00 bits per heavy atom. The van der Waals surface area contributed by atoms with Crippen LogP contribution in [0.3, 0.4) is 0 Å². The van der Waals surface area contributed by atoms with Gasteiger partial charge in [0.15, 0.2) is 0 Å². The molecule has 24 heavy (non-hydrogen) atoms. The van der Waals surface area contributed by atoms with Crippen molar-refractivity contribution < 1.29 is 9.59 Å². The monoisotopic (exact) mass is 408 g/mol. The Morgan fingerprint density at radius 3 is 2.25 bits per heavy atom. The van der Waals surface area contributed by atoms with Gasteiger partial charge in [0, 0.05) is 4.47 Å². The molecule has 126 valence electrons. The molecule has 0 aliphatic carbocycles. The van der Waals surface area contributed by atoms with Gasteiger partial charge in [-0.05, 0) is 43.7 Å². The van der Waals surface area contributed by atoms with E-state index < -0.39 is 6.04 Å². The van der Waals surface area contributed by atoms with Crippen LogP contribution in [0.15, 0.2) is 53.0 Å². The number of amides is 2. The number of nitrogens with one attached hydrogen (secondary N) is 2. The van der Waals surface area contributed by atoms with Crippen molar-refractivity contribution in [3.8, 4) is 0 Å². The van der Waals surface area contributed by atoms with Crippen LogP contribution in [-0.2, 0) is 4.79 Å². The first kappa shape index (κ1) is 18.5. The Hall–Kier alpha value is -1.85. The molecule has 2 rings (SSSR count).